The number of H-pyrrole nitrogens is 1. The van der Waals surface area contributed by atoms with Gasteiger partial charge in [0.1, 0.15) is 0 Å². The molecule has 4 aromatic rings. The zero-order chi connectivity index (χ0) is 21.8. The van der Waals surface area contributed by atoms with E-state index < -0.39 is 5.54 Å². The lowest BCUT2D eigenvalue weighted by molar-refractivity contribution is -0.117. The smallest absolute Gasteiger partial charge is 0.161 e. The second-order valence-corrected chi connectivity index (χ2v) is 8.20. The molecule has 3 heteroatoms. The van der Waals surface area contributed by atoms with Gasteiger partial charge in [0.25, 0.3) is 0 Å². The van der Waals surface area contributed by atoms with Crippen LogP contribution in [0.3, 0.4) is 0 Å². The molecule has 0 saturated carbocycles. The number of likely N-dealkylation sites (tertiary alicyclic amines) is 1. The molecule has 3 nitrogen and oxygen atoms in total. The molecule has 5 rings (SSSR count). The topological polar surface area (TPSA) is 36.1 Å². The first-order chi connectivity index (χ1) is 15.8. The van der Waals surface area contributed by atoms with Crippen LogP contribution in [0.2, 0.25) is 0 Å². The molecule has 3 aromatic carbocycles. The number of ketones is 1. The molecule has 2 heterocycles. The quantitative estimate of drug-likeness (QED) is 0.335. The molecule has 0 atom stereocenters. The number of carbonyl (C=O) groups is 1. The molecule has 1 aromatic heterocycles. The molecule has 1 aliphatic rings. The Balaban J connectivity index is 1.72. The van der Waals surface area contributed by atoms with Gasteiger partial charge in [0.2, 0.25) is 0 Å². The molecule has 32 heavy (non-hydrogen) atoms. The van der Waals surface area contributed by atoms with Crippen LogP contribution in [0.5, 0.6) is 0 Å². The second-order valence-electron chi connectivity index (χ2n) is 8.20. The van der Waals surface area contributed by atoms with Crippen LogP contribution in [-0.4, -0.2) is 28.8 Å². The molecule has 1 aliphatic heterocycles. The molecule has 1 saturated heterocycles. The Morgan fingerprint density at radius 3 is 1.72 bits per heavy atom. The second kappa shape index (κ2) is 8.81. The molecule has 1 N–H and O–H groups in total. The van der Waals surface area contributed by atoms with Crippen molar-refractivity contribution >= 4 is 11.9 Å². The van der Waals surface area contributed by atoms with Crippen molar-refractivity contribution in [2.45, 2.75) is 12.0 Å². The van der Waals surface area contributed by atoms with E-state index in [9.17, 15) is 4.79 Å². The number of hydrogen-bond acceptors (Lipinski definition) is 2. The number of hydrogen-bond donors (Lipinski definition) is 1. The third-order valence-corrected chi connectivity index (χ3v) is 6.33. The predicted molar refractivity (Wildman–Crippen MR) is 129 cm³/mol. The number of carbonyl (C=O) groups excluding carboxylic acids is 1. The number of benzene rings is 3. The first-order valence-corrected chi connectivity index (χ1v) is 11.1. The summed E-state index contributed by atoms with van der Waals surface area (Å²) in [5, 5.41) is 0. The third-order valence-electron chi connectivity index (χ3n) is 6.33. The number of rotatable bonds is 5. The van der Waals surface area contributed by atoms with Crippen LogP contribution in [0.25, 0.3) is 6.08 Å². The Morgan fingerprint density at radius 2 is 1.25 bits per heavy atom. The number of piperidine rings is 1. The summed E-state index contributed by atoms with van der Waals surface area (Å²) >= 11 is 0. The summed E-state index contributed by atoms with van der Waals surface area (Å²) < 4.78 is 0. The Hall–Kier alpha value is -3.69. The lowest BCUT2D eigenvalue weighted by Crippen LogP contribution is -2.52. The summed E-state index contributed by atoms with van der Waals surface area (Å²) in [6.45, 7) is 1.27. The van der Waals surface area contributed by atoms with E-state index in [2.05, 4.69) is 101 Å². The van der Waals surface area contributed by atoms with Gasteiger partial charge in [0.15, 0.2) is 5.78 Å². The van der Waals surface area contributed by atoms with Crippen LogP contribution < -0.4 is 0 Å². The Morgan fingerprint density at radius 1 is 0.719 bits per heavy atom. The zero-order valence-electron chi connectivity index (χ0n) is 17.9. The summed E-state index contributed by atoms with van der Waals surface area (Å²) in [7, 11) is 0. The summed E-state index contributed by atoms with van der Waals surface area (Å²) in [6.07, 6.45) is 4.39. The van der Waals surface area contributed by atoms with Crippen molar-refractivity contribution < 1.29 is 4.79 Å². The summed E-state index contributed by atoms with van der Waals surface area (Å²) in [6, 6.07) is 35.9. The Bertz CT molecular complexity index is 1100. The van der Waals surface area contributed by atoms with Gasteiger partial charge < -0.3 is 4.98 Å². The van der Waals surface area contributed by atoms with E-state index in [0.717, 1.165) is 11.3 Å². The van der Waals surface area contributed by atoms with Gasteiger partial charge in [0, 0.05) is 37.0 Å². The Kier molecular flexibility index (Phi) is 5.57. The number of nitrogens with one attached hydrogen (secondary N) is 1. The SMILES string of the molecule is O=C1CCN(C(c2ccccc2)(c2ccccc2)c2ccccc2)CC1=Cc1ccc[nH]1. The minimum absolute atomic E-state index is 0.221. The fraction of sp³-hybridized carbons (Fsp3) is 0.138. The van der Waals surface area contributed by atoms with Crippen LogP contribution in [0.15, 0.2) is 115 Å². The van der Waals surface area contributed by atoms with Crippen molar-refractivity contribution in [3.8, 4) is 0 Å². The molecule has 0 amide bonds. The maximum atomic E-state index is 12.9. The van der Waals surface area contributed by atoms with Gasteiger partial charge in [-0.25, -0.2) is 0 Å². The highest BCUT2D eigenvalue weighted by atomic mass is 16.1. The molecule has 1 fully saturated rings. The first-order valence-electron chi connectivity index (χ1n) is 11.1. The molecule has 0 bridgehead atoms. The number of Topliss-reactive ketones (excluding diaryl/α,β-unsaturated/α-hetero) is 1. The van der Waals surface area contributed by atoms with Crippen LogP contribution in [-0.2, 0) is 10.3 Å². The minimum Gasteiger partial charge on any atom is -0.362 e. The fourth-order valence-corrected chi connectivity index (χ4v) is 4.89. The predicted octanol–water partition coefficient (Wildman–Crippen LogP) is 5.67. The van der Waals surface area contributed by atoms with Gasteiger partial charge in [-0.1, -0.05) is 91.0 Å². The van der Waals surface area contributed by atoms with E-state index in [4.69, 9.17) is 0 Å². The van der Waals surface area contributed by atoms with E-state index in [1.165, 1.54) is 16.7 Å². The molecule has 0 aliphatic carbocycles. The summed E-state index contributed by atoms with van der Waals surface area (Å²) in [4.78, 5) is 18.6. The van der Waals surface area contributed by atoms with Crippen molar-refractivity contribution in [3.05, 3.63) is 137 Å². The highest BCUT2D eigenvalue weighted by Crippen LogP contribution is 2.43. The largest absolute Gasteiger partial charge is 0.362 e. The maximum Gasteiger partial charge on any atom is 0.161 e. The normalized spacial score (nSPS) is 16.4. The van der Waals surface area contributed by atoms with E-state index >= 15 is 0 Å². The highest BCUT2D eigenvalue weighted by Gasteiger charge is 2.44. The van der Waals surface area contributed by atoms with Gasteiger partial charge in [-0.15, -0.1) is 0 Å². The van der Waals surface area contributed by atoms with E-state index in [0.29, 0.717) is 19.5 Å². The van der Waals surface area contributed by atoms with Crippen LogP contribution >= 0.6 is 0 Å². The maximum absolute atomic E-state index is 12.9. The van der Waals surface area contributed by atoms with Gasteiger partial charge >= 0.3 is 0 Å². The van der Waals surface area contributed by atoms with Crippen molar-refractivity contribution in [2.75, 3.05) is 13.1 Å². The van der Waals surface area contributed by atoms with Gasteiger partial charge in [-0.3, -0.25) is 9.69 Å². The standard InChI is InChI=1S/C29H26N2O/c32-28-18-20-31(22-23(28)21-27-17-10-19-30-27)29(24-11-4-1-5-12-24,25-13-6-2-7-14-25)26-15-8-3-9-16-26/h1-17,19,21,30H,18,20,22H2. The van der Waals surface area contributed by atoms with Crippen molar-refractivity contribution in [1.29, 1.82) is 0 Å². The van der Waals surface area contributed by atoms with Crippen molar-refractivity contribution in [1.82, 2.24) is 9.88 Å². The molecular formula is C29H26N2O. The monoisotopic (exact) mass is 418 g/mol. The van der Waals surface area contributed by atoms with E-state index in [-0.39, 0.29) is 5.78 Å². The average molecular weight is 419 g/mol. The van der Waals surface area contributed by atoms with E-state index in [1.807, 2.05) is 24.4 Å². The summed E-state index contributed by atoms with van der Waals surface area (Å²) in [5.41, 5.74) is 4.90. The molecule has 158 valence electrons. The first kappa shape index (κ1) is 20.2. The van der Waals surface area contributed by atoms with Crippen LogP contribution in [0.1, 0.15) is 28.8 Å². The van der Waals surface area contributed by atoms with Crippen LogP contribution in [0, 0.1) is 0 Å². The fourth-order valence-electron chi connectivity index (χ4n) is 4.89. The lowest BCUT2D eigenvalue weighted by atomic mass is 9.74. The van der Waals surface area contributed by atoms with E-state index in [1.54, 1.807) is 0 Å². The van der Waals surface area contributed by atoms with Gasteiger partial charge in [-0.2, -0.15) is 0 Å². The van der Waals surface area contributed by atoms with Crippen molar-refractivity contribution in [2.24, 2.45) is 0 Å². The number of aromatic amines is 1. The molecular weight excluding hydrogens is 392 g/mol. The number of nitrogens with zero attached hydrogens (tertiary/aromatic N) is 1. The Labute approximate surface area is 189 Å². The van der Waals surface area contributed by atoms with Gasteiger partial charge in [-0.05, 0) is 34.9 Å². The zero-order valence-corrected chi connectivity index (χ0v) is 17.9. The van der Waals surface area contributed by atoms with Gasteiger partial charge in [0.05, 0.1) is 5.54 Å². The molecule has 0 unspecified atom stereocenters. The summed E-state index contributed by atoms with van der Waals surface area (Å²) in [5.74, 6) is 0.221. The number of aromatic nitrogens is 1. The lowest BCUT2D eigenvalue weighted by Gasteiger charge is -2.47. The molecule has 0 spiro atoms. The minimum atomic E-state index is -0.501. The van der Waals surface area contributed by atoms with Crippen LogP contribution in [0.4, 0.5) is 0 Å². The average Bonchev–Trinajstić information content (AvgIpc) is 3.37. The molecule has 0 radical (unpaired) electrons. The highest BCUT2D eigenvalue weighted by molar-refractivity contribution is 6.00. The third kappa shape index (κ3) is 3.61. The van der Waals surface area contributed by atoms with Crippen molar-refractivity contribution in [3.63, 3.8) is 0 Å².